The average molecular weight is 398 g/mol. The molecule has 0 heterocycles. The average Bonchev–Trinajstić information content (AvgIpc) is 2.40. The van der Waals surface area contributed by atoms with Crippen LogP contribution in [0.4, 0.5) is 14.5 Å². The lowest BCUT2D eigenvalue weighted by atomic mass is 10.1. The number of benzene rings is 1. The van der Waals surface area contributed by atoms with Crippen LogP contribution in [0.15, 0.2) is 12.1 Å². The molecule has 0 atom stereocenters. The Hall–Kier alpha value is -1.32. The van der Waals surface area contributed by atoms with Gasteiger partial charge < -0.3 is 5.32 Å². The summed E-state index contributed by atoms with van der Waals surface area (Å²) in [7, 11) is 0. The Morgan fingerprint density at radius 2 is 1.90 bits per heavy atom. The van der Waals surface area contributed by atoms with Crippen molar-refractivity contribution in [2.24, 2.45) is 0 Å². The number of carbonyl (C=O) groups excluding carboxylic acids is 1. The Labute approximate surface area is 128 Å². The molecule has 0 saturated heterocycles. The molecule has 1 aromatic carbocycles. The van der Waals surface area contributed by atoms with Crippen LogP contribution in [0.25, 0.3) is 0 Å². The van der Waals surface area contributed by atoms with Gasteiger partial charge in [0.15, 0.2) is 11.6 Å². The number of amides is 1. The summed E-state index contributed by atoms with van der Waals surface area (Å²) in [6.45, 7) is 0.339. The molecule has 1 rings (SSSR count). The third-order valence-corrected chi connectivity index (χ3v) is 3.34. The quantitative estimate of drug-likeness (QED) is 0.252. The standard InChI is InChI=1S/C12H13F2IN2O3/c13-9-6-8(11(17(19)20)7-10(9)14)12(18)16-5-3-1-2-4-15/h6-7H,1-5H2,(H,16,18). The van der Waals surface area contributed by atoms with Crippen LogP contribution in [-0.2, 0) is 0 Å². The van der Waals surface area contributed by atoms with Crippen LogP contribution in [0.2, 0.25) is 0 Å². The molecule has 5 nitrogen and oxygen atoms in total. The third-order valence-electron chi connectivity index (χ3n) is 2.58. The van der Waals surface area contributed by atoms with Gasteiger partial charge in [-0.1, -0.05) is 29.0 Å². The third kappa shape index (κ3) is 4.66. The Balaban J connectivity index is 2.76. The molecule has 0 radical (unpaired) electrons. The number of alkyl halides is 1. The van der Waals surface area contributed by atoms with E-state index in [0.717, 1.165) is 23.7 Å². The maximum atomic E-state index is 13.1. The monoisotopic (exact) mass is 398 g/mol. The predicted molar refractivity (Wildman–Crippen MR) is 78.1 cm³/mol. The van der Waals surface area contributed by atoms with Crippen molar-refractivity contribution in [1.82, 2.24) is 5.32 Å². The normalized spacial score (nSPS) is 10.3. The first-order valence-electron chi connectivity index (χ1n) is 5.95. The largest absolute Gasteiger partial charge is 0.352 e. The van der Waals surface area contributed by atoms with E-state index in [1.54, 1.807) is 0 Å². The van der Waals surface area contributed by atoms with Crippen LogP contribution in [0, 0.1) is 21.7 Å². The number of carbonyl (C=O) groups is 1. The highest BCUT2D eigenvalue weighted by atomic mass is 127. The number of nitro groups is 1. The van der Waals surface area contributed by atoms with Gasteiger partial charge in [-0.15, -0.1) is 0 Å². The molecule has 0 aliphatic heterocycles. The molecule has 20 heavy (non-hydrogen) atoms. The van der Waals surface area contributed by atoms with E-state index < -0.39 is 33.7 Å². The van der Waals surface area contributed by atoms with Crippen molar-refractivity contribution in [3.8, 4) is 0 Å². The minimum atomic E-state index is -1.35. The summed E-state index contributed by atoms with van der Waals surface area (Å²) in [6.07, 6.45) is 2.66. The van der Waals surface area contributed by atoms with E-state index in [2.05, 4.69) is 27.9 Å². The van der Waals surface area contributed by atoms with Crippen molar-refractivity contribution in [2.45, 2.75) is 19.3 Å². The minimum absolute atomic E-state index is 0.339. The van der Waals surface area contributed by atoms with E-state index in [1.165, 1.54) is 0 Å². The molecular formula is C12H13F2IN2O3. The first-order chi connectivity index (χ1) is 9.47. The van der Waals surface area contributed by atoms with E-state index in [1.807, 2.05) is 0 Å². The second kappa shape index (κ2) is 8.08. The summed E-state index contributed by atoms with van der Waals surface area (Å²) in [5.41, 5.74) is -1.21. The zero-order valence-corrected chi connectivity index (χ0v) is 12.7. The highest BCUT2D eigenvalue weighted by Gasteiger charge is 2.23. The summed E-state index contributed by atoms with van der Waals surface area (Å²) in [6, 6.07) is 0.966. The van der Waals surface area contributed by atoms with Gasteiger partial charge in [-0.25, -0.2) is 8.78 Å². The molecule has 0 fully saturated rings. The van der Waals surface area contributed by atoms with Gasteiger partial charge >= 0.3 is 0 Å². The number of rotatable bonds is 7. The fraction of sp³-hybridized carbons (Fsp3) is 0.417. The van der Waals surface area contributed by atoms with Crippen LogP contribution in [0.5, 0.6) is 0 Å². The lowest BCUT2D eigenvalue weighted by Crippen LogP contribution is -2.25. The zero-order valence-electron chi connectivity index (χ0n) is 10.5. The molecule has 1 amide bonds. The molecule has 1 N–H and O–H groups in total. The SMILES string of the molecule is O=C(NCCCCCI)c1cc(F)c(F)cc1[N+](=O)[O-]. The maximum absolute atomic E-state index is 13.1. The second-order valence-electron chi connectivity index (χ2n) is 4.05. The number of unbranched alkanes of at least 4 members (excludes halogenated alkanes) is 2. The smallest absolute Gasteiger partial charge is 0.285 e. The van der Waals surface area contributed by atoms with Crippen molar-refractivity contribution >= 4 is 34.2 Å². The summed E-state index contributed by atoms with van der Waals surface area (Å²) in [5, 5.41) is 13.2. The minimum Gasteiger partial charge on any atom is -0.352 e. The lowest BCUT2D eigenvalue weighted by molar-refractivity contribution is -0.385. The van der Waals surface area contributed by atoms with Crippen molar-refractivity contribution < 1.29 is 18.5 Å². The number of nitro benzene ring substituents is 1. The van der Waals surface area contributed by atoms with Gasteiger partial charge in [0, 0.05) is 6.54 Å². The fourth-order valence-corrected chi connectivity index (χ4v) is 2.10. The Morgan fingerprint density at radius 1 is 1.25 bits per heavy atom. The van der Waals surface area contributed by atoms with Crippen LogP contribution in [-0.4, -0.2) is 21.8 Å². The molecular weight excluding hydrogens is 385 g/mol. The Bertz CT molecular complexity index is 512. The first-order valence-corrected chi connectivity index (χ1v) is 7.47. The molecule has 0 bridgehead atoms. The van der Waals surface area contributed by atoms with Gasteiger partial charge in [-0.2, -0.15) is 0 Å². The number of halogens is 3. The number of nitrogens with zero attached hydrogens (tertiary/aromatic N) is 1. The van der Waals surface area contributed by atoms with E-state index in [-0.39, 0.29) is 0 Å². The zero-order chi connectivity index (χ0) is 15.1. The van der Waals surface area contributed by atoms with Gasteiger partial charge in [0.1, 0.15) is 5.56 Å². The summed E-state index contributed by atoms with van der Waals surface area (Å²) in [5.74, 6) is -3.41. The predicted octanol–water partition coefficient (Wildman–Crippen LogP) is 3.21. The molecule has 8 heteroatoms. The molecule has 0 aliphatic rings. The Kier molecular flexibility index (Phi) is 6.76. The highest BCUT2D eigenvalue weighted by Crippen LogP contribution is 2.22. The molecule has 0 spiro atoms. The van der Waals surface area contributed by atoms with Crippen molar-refractivity contribution in [3.63, 3.8) is 0 Å². The molecule has 110 valence electrons. The topological polar surface area (TPSA) is 72.2 Å². The van der Waals surface area contributed by atoms with Crippen molar-refractivity contribution in [1.29, 1.82) is 0 Å². The van der Waals surface area contributed by atoms with E-state index in [0.29, 0.717) is 18.7 Å². The maximum Gasteiger partial charge on any atom is 0.285 e. The van der Waals surface area contributed by atoms with Gasteiger partial charge in [0.05, 0.1) is 11.0 Å². The van der Waals surface area contributed by atoms with Crippen molar-refractivity contribution in [3.05, 3.63) is 39.4 Å². The Morgan fingerprint density at radius 3 is 2.50 bits per heavy atom. The number of nitrogens with one attached hydrogen (secondary N) is 1. The van der Waals surface area contributed by atoms with Gasteiger partial charge in [-0.05, 0) is 23.3 Å². The van der Waals surface area contributed by atoms with Crippen LogP contribution in [0.3, 0.4) is 0 Å². The van der Waals surface area contributed by atoms with Crippen LogP contribution >= 0.6 is 22.6 Å². The van der Waals surface area contributed by atoms with E-state index in [4.69, 9.17) is 0 Å². The summed E-state index contributed by atoms with van der Waals surface area (Å²) < 4.78 is 27.1. The van der Waals surface area contributed by atoms with Crippen molar-refractivity contribution in [2.75, 3.05) is 11.0 Å². The van der Waals surface area contributed by atoms with Gasteiger partial charge in [-0.3, -0.25) is 14.9 Å². The number of hydrogen-bond donors (Lipinski definition) is 1. The highest BCUT2D eigenvalue weighted by molar-refractivity contribution is 14.1. The van der Waals surface area contributed by atoms with E-state index in [9.17, 15) is 23.7 Å². The molecule has 0 aromatic heterocycles. The molecule has 0 saturated carbocycles. The lowest BCUT2D eigenvalue weighted by Gasteiger charge is -2.06. The van der Waals surface area contributed by atoms with Crippen LogP contribution < -0.4 is 5.32 Å². The molecule has 0 unspecified atom stereocenters. The molecule has 1 aromatic rings. The summed E-state index contributed by atoms with van der Waals surface area (Å²) >= 11 is 2.24. The first kappa shape index (κ1) is 16.7. The summed E-state index contributed by atoms with van der Waals surface area (Å²) in [4.78, 5) is 21.6. The van der Waals surface area contributed by atoms with Gasteiger partial charge in [0.2, 0.25) is 0 Å². The second-order valence-corrected chi connectivity index (χ2v) is 5.12. The van der Waals surface area contributed by atoms with Crippen LogP contribution in [0.1, 0.15) is 29.6 Å². The van der Waals surface area contributed by atoms with Gasteiger partial charge in [0.25, 0.3) is 11.6 Å². The van der Waals surface area contributed by atoms with E-state index >= 15 is 0 Å². The number of hydrogen-bond acceptors (Lipinski definition) is 3. The fourth-order valence-electron chi connectivity index (χ4n) is 1.56. The molecule has 0 aliphatic carbocycles.